The van der Waals surface area contributed by atoms with Crippen molar-refractivity contribution in [2.24, 2.45) is 5.73 Å². The highest BCUT2D eigenvalue weighted by atomic mass is 32.2. The third kappa shape index (κ3) is 2.30. The number of para-hydroxylation sites is 1. The average Bonchev–Trinajstić information content (AvgIpc) is 2.87. The molecule has 0 saturated carbocycles. The molecule has 0 radical (unpaired) electrons. The standard InChI is InChI=1S/C13H17NOS2/c14-12(11-8-16-6-7-17-11)10-3-1-2-9-4-5-15-13(9)10/h1-3,11-12H,4-8,14H2. The Morgan fingerprint density at radius 1 is 1.35 bits per heavy atom. The summed E-state index contributed by atoms with van der Waals surface area (Å²) in [6.07, 6.45) is 1.03. The van der Waals surface area contributed by atoms with E-state index >= 15 is 0 Å². The molecule has 0 bridgehead atoms. The van der Waals surface area contributed by atoms with E-state index in [2.05, 4.69) is 18.2 Å². The van der Waals surface area contributed by atoms with Gasteiger partial charge in [-0.1, -0.05) is 18.2 Å². The molecule has 0 spiro atoms. The smallest absolute Gasteiger partial charge is 0.127 e. The molecule has 0 amide bonds. The predicted octanol–water partition coefficient (Wildman–Crippen LogP) is 2.47. The van der Waals surface area contributed by atoms with Gasteiger partial charge >= 0.3 is 0 Å². The molecule has 2 unspecified atom stereocenters. The van der Waals surface area contributed by atoms with E-state index in [9.17, 15) is 0 Å². The van der Waals surface area contributed by atoms with Gasteiger partial charge in [0, 0.05) is 40.5 Å². The number of hydrogen-bond donors (Lipinski definition) is 1. The number of nitrogens with two attached hydrogens (primary N) is 1. The zero-order valence-corrected chi connectivity index (χ0v) is 11.4. The van der Waals surface area contributed by atoms with Crippen LogP contribution in [0.3, 0.4) is 0 Å². The maximum Gasteiger partial charge on any atom is 0.127 e. The van der Waals surface area contributed by atoms with Gasteiger partial charge in [0.25, 0.3) is 0 Å². The van der Waals surface area contributed by atoms with Crippen LogP contribution < -0.4 is 10.5 Å². The van der Waals surface area contributed by atoms with Gasteiger partial charge in [0.2, 0.25) is 0 Å². The van der Waals surface area contributed by atoms with E-state index in [1.165, 1.54) is 22.6 Å². The first-order chi connectivity index (χ1) is 8.36. The van der Waals surface area contributed by atoms with E-state index in [-0.39, 0.29) is 6.04 Å². The number of benzene rings is 1. The predicted molar refractivity (Wildman–Crippen MR) is 76.1 cm³/mol. The van der Waals surface area contributed by atoms with Gasteiger partial charge in [-0.2, -0.15) is 23.5 Å². The van der Waals surface area contributed by atoms with Crippen molar-refractivity contribution in [2.45, 2.75) is 17.7 Å². The summed E-state index contributed by atoms with van der Waals surface area (Å²) in [4.78, 5) is 0. The molecule has 1 aromatic carbocycles. The van der Waals surface area contributed by atoms with Gasteiger partial charge in [-0.15, -0.1) is 0 Å². The molecule has 1 saturated heterocycles. The van der Waals surface area contributed by atoms with Crippen LogP contribution in [0.5, 0.6) is 5.75 Å². The molecule has 2 N–H and O–H groups in total. The van der Waals surface area contributed by atoms with E-state index in [1.807, 2.05) is 23.5 Å². The Labute approximate surface area is 111 Å². The maximum absolute atomic E-state index is 6.43. The molecule has 3 rings (SSSR count). The topological polar surface area (TPSA) is 35.2 Å². The van der Waals surface area contributed by atoms with Crippen LogP contribution in [0.2, 0.25) is 0 Å². The fourth-order valence-electron chi connectivity index (χ4n) is 2.42. The number of fused-ring (bicyclic) bond motifs is 1. The Morgan fingerprint density at radius 2 is 2.29 bits per heavy atom. The molecule has 17 heavy (non-hydrogen) atoms. The molecule has 0 aromatic heterocycles. The molecule has 2 atom stereocenters. The van der Waals surface area contributed by atoms with Gasteiger partial charge in [-0.25, -0.2) is 0 Å². The fraction of sp³-hybridized carbons (Fsp3) is 0.538. The van der Waals surface area contributed by atoms with E-state index in [0.29, 0.717) is 5.25 Å². The van der Waals surface area contributed by atoms with Crippen molar-refractivity contribution in [1.29, 1.82) is 0 Å². The highest BCUT2D eigenvalue weighted by Gasteiger charge is 2.27. The molecular weight excluding hydrogens is 250 g/mol. The molecule has 1 fully saturated rings. The number of ether oxygens (including phenoxy) is 1. The SMILES string of the molecule is NC(c1cccc2c1OCC2)C1CSCCS1. The van der Waals surface area contributed by atoms with Gasteiger partial charge in [-0.05, 0) is 5.56 Å². The van der Waals surface area contributed by atoms with Crippen LogP contribution in [0.15, 0.2) is 18.2 Å². The van der Waals surface area contributed by atoms with Gasteiger partial charge in [0.15, 0.2) is 0 Å². The number of rotatable bonds is 2. The molecule has 2 aliphatic heterocycles. The summed E-state index contributed by atoms with van der Waals surface area (Å²) in [5.41, 5.74) is 8.96. The number of thioether (sulfide) groups is 2. The highest BCUT2D eigenvalue weighted by Crippen LogP contribution is 2.38. The summed E-state index contributed by atoms with van der Waals surface area (Å²) in [6.45, 7) is 0.811. The third-order valence-electron chi connectivity index (χ3n) is 3.35. The van der Waals surface area contributed by atoms with Crippen molar-refractivity contribution >= 4 is 23.5 Å². The van der Waals surface area contributed by atoms with Crippen LogP contribution in [-0.2, 0) is 6.42 Å². The summed E-state index contributed by atoms with van der Waals surface area (Å²) in [5, 5.41) is 0.532. The Kier molecular flexibility index (Phi) is 3.54. The first-order valence-corrected chi connectivity index (χ1v) is 8.26. The zero-order valence-electron chi connectivity index (χ0n) is 9.72. The quantitative estimate of drug-likeness (QED) is 0.893. The summed E-state index contributed by atoms with van der Waals surface area (Å²) in [5.74, 6) is 4.71. The largest absolute Gasteiger partial charge is 0.493 e. The van der Waals surface area contributed by atoms with E-state index in [0.717, 1.165) is 24.5 Å². The summed E-state index contributed by atoms with van der Waals surface area (Å²) in [6, 6.07) is 6.51. The molecule has 2 nitrogen and oxygen atoms in total. The van der Waals surface area contributed by atoms with Gasteiger partial charge in [0.1, 0.15) is 5.75 Å². The summed E-state index contributed by atoms with van der Waals surface area (Å²) >= 11 is 4.03. The second kappa shape index (κ2) is 5.12. The average molecular weight is 267 g/mol. The lowest BCUT2D eigenvalue weighted by Gasteiger charge is -2.27. The maximum atomic E-state index is 6.43. The Bertz CT molecular complexity index is 404. The van der Waals surface area contributed by atoms with Crippen LogP contribution in [0.1, 0.15) is 17.2 Å². The van der Waals surface area contributed by atoms with Crippen LogP contribution in [0.25, 0.3) is 0 Å². The molecule has 2 heterocycles. The van der Waals surface area contributed by atoms with Gasteiger partial charge < -0.3 is 10.5 Å². The molecular formula is C13H17NOS2. The molecule has 4 heteroatoms. The van der Waals surface area contributed by atoms with Gasteiger partial charge in [-0.3, -0.25) is 0 Å². The van der Waals surface area contributed by atoms with E-state index in [4.69, 9.17) is 10.5 Å². The minimum absolute atomic E-state index is 0.112. The Balaban J connectivity index is 1.85. The van der Waals surface area contributed by atoms with E-state index in [1.54, 1.807) is 0 Å². The minimum Gasteiger partial charge on any atom is -0.493 e. The van der Waals surface area contributed by atoms with Crippen molar-refractivity contribution in [2.75, 3.05) is 23.9 Å². The first-order valence-electron chi connectivity index (χ1n) is 6.06. The van der Waals surface area contributed by atoms with Crippen LogP contribution in [0.4, 0.5) is 0 Å². The Hall–Kier alpha value is -0.320. The normalized spacial score (nSPS) is 25.1. The minimum atomic E-state index is 0.112. The molecule has 92 valence electrons. The second-order valence-electron chi connectivity index (χ2n) is 4.44. The van der Waals surface area contributed by atoms with Crippen molar-refractivity contribution < 1.29 is 4.74 Å². The van der Waals surface area contributed by atoms with Crippen LogP contribution in [-0.4, -0.2) is 29.1 Å². The van der Waals surface area contributed by atoms with Crippen molar-refractivity contribution in [1.82, 2.24) is 0 Å². The second-order valence-corrected chi connectivity index (χ2v) is 6.94. The lowest BCUT2D eigenvalue weighted by atomic mass is 10.0. The van der Waals surface area contributed by atoms with Crippen molar-refractivity contribution in [3.8, 4) is 5.75 Å². The first kappa shape index (κ1) is 11.8. The molecule has 1 aromatic rings. The van der Waals surface area contributed by atoms with Crippen molar-refractivity contribution in [3.63, 3.8) is 0 Å². The lowest BCUT2D eigenvalue weighted by Crippen LogP contribution is -2.29. The third-order valence-corrected chi connectivity index (χ3v) is 6.23. The van der Waals surface area contributed by atoms with Crippen molar-refractivity contribution in [3.05, 3.63) is 29.3 Å². The molecule has 0 aliphatic carbocycles. The van der Waals surface area contributed by atoms with Gasteiger partial charge in [0.05, 0.1) is 6.61 Å². The van der Waals surface area contributed by atoms with E-state index < -0.39 is 0 Å². The fourth-order valence-corrected chi connectivity index (χ4v) is 5.21. The van der Waals surface area contributed by atoms with Crippen LogP contribution >= 0.6 is 23.5 Å². The summed E-state index contributed by atoms with van der Waals surface area (Å²) in [7, 11) is 0. The highest BCUT2D eigenvalue weighted by molar-refractivity contribution is 8.06. The number of hydrogen-bond acceptors (Lipinski definition) is 4. The lowest BCUT2D eigenvalue weighted by molar-refractivity contribution is 0.351. The molecule has 2 aliphatic rings. The zero-order chi connectivity index (χ0) is 11.7. The summed E-state index contributed by atoms with van der Waals surface area (Å²) < 4.78 is 5.75. The Morgan fingerprint density at radius 3 is 3.12 bits per heavy atom. The van der Waals surface area contributed by atoms with Crippen LogP contribution in [0, 0.1) is 0 Å². The monoisotopic (exact) mass is 267 g/mol.